The second-order valence-electron chi connectivity index (χ2n) is 7.26. The minimum atomic E-state index is -2.56. The number of alkyl halides is 2. The zero-order chi connectivity index (χ0) is 22.5. The predicted octanol–water partition coefficient (Wildman–Crippen LogP) is 1.69. The maximum Gasteiger partial charge on any atom is 0.263 e. The highest BCUT2D eigenvalue weighted by molar-refractivity contribution is 5.82. The van der Waals surface area contributed by atoms with E-state index in [1.165, 1.54) is 29.3 Å². The quantitative estimate of drug-likeness (QED) is 0.445. The Kier molecular flexibility index (Phi) is 6.85. The van der Waals surface area contributed by atoms with Gasteiger partial charge in [-0.15, -0.1) is 10.2 Å². The predicted molar refractivity (Wildman–Crippen MR) is 112 cm³/mol. The molecule has 1 amide bonds. The molecule has 166 valence electrons. The third kappa shape index (κ3) is 5.57. The standard InChI is InChI=1S/C20H25F2N7O2/c1-12-9-28(10-18(30)25-12)17-7-8-19(27-26-17)31-11-16(13(2)23)29(24)15-5-3-14(4-6-15)20(21)22/h3-8,12,20H,9-11,23-24H2,1-2H3,(H,25,30)/b16-13-. The van der Waals surface area contributed by atoms with Crippen molar-refractivity contribution < 1.29 is 18.3 Å². The first-order valence-corrected chi connectivity index (χ1v) is 9.63. The van der Waals surface area contributed by atoms with Crippen LogP contribution in [0.1, 0.15) is 25.8 Å². The van der Waals surface area contributed by atoms with Crippen LogP contribution in [0.3, 0.4) is 0 Å². The Morgan fingerprint density at radius 1 is 1.29 bits per heavy atom. The van der Waals surface area contributed by atoms with Crippen molar-refractivity contribution >= 4 is 17.4 Å². The highest BCUT2D eigenvalue weighted by Gasteiger charge is 2.23. The highest BCUT2D eigenvalue weighted by atomic mass is 19.3. The number of allylic oxidation sites excluding steroid dienone is 1. The molecule has 1 atom stereocenters. The number of halogens is 2. The van der Waals surface area contributed by atoms with E-state index in [0.717, 1.165) is 0 Å². The van der Waals surface area contributed by atoms with E-state index < -0.39 is 6.43 Å². The fourth-order valence-electron chi connectivity index (χ4n) is 3.12. The van der Waals surface area contributed by atoms with E-state index in [-0.39, 0.29) is 36.5 Å². The topological polar surface area (TPSA) is 123 Å². The van der Waals surface area contributed by atoms with Gasteiger partial charge in [0, 0.05) is 29.9 Å². The van der Waals surface area contributed by atoms with E-state index in [9.17, 15) is 13.6 Å². The first-order valence-electron chi connectivity index (χ1n) is 9.63. The monoisotopic (exact) mass is 433 g/mol. The molecule has 1 aromatic carbocycles. The normalized spacial score (nSPS) is 17.3. The van der Waals surface area contributed by atoms with E-state index in [1.54, 1.807) is 19.1 Å². The minimum Gasteiger partial charge on any atom is -0.470 e. The summed E-state index contributed by atoms with van der Waals surface area (Å²) in [6.07, 6.45) is -2.56. The van der Waals surface area contributed by atoms with Crippen LogP contribution in [0.2, 0.25) is 0 Å². The molecule has 1 aromatic heterocycles. The SMILES string of the molecule is C/C(N)=C(\COc1ccc(N2CC(=O)NC(C)C2)nn1)N(N)c1ccc(C(F)F)cc1. The van der Waals surface area contributed by atoms with Gasteiger partial charge in [0.25, 0.3) is 6.43 Å². The number of nitrogens with zero attached hydrogens (tertiary/aromatic N) is 4. The molecule has 9 nitrogen and oxygen atoms in total. The van der Waals surface area contributed by atoms with Gasteiger partial charge in [0.05, 0.1) is 17.9 Å². The summed E-state index contributed by atoms with van der Waals surface area (Å²) in [7, 11) is 0. The van der Waals surface area contributed by atoms with Crippen LogP contribution in [-0.4, -0.2) is 41.8 Å². The lowest BCUT2D eigenvalue weighted by Gasteiger charge is -2.31. The molecular weight excluding hydrogens is 408 g/mol. The number of hydrazine groups is 1. The van der Waals surface area contributed by atoms with E-state index in [0.29, 0.717) is 29.4 Å². The number of carbonyl (C=O) groups is 1. The Morgan fingerprint density at radius 2 is 2.00 bits per heavy atom. The van der Waals surface area contributed by atoms with Gasteiger partial charge in [0.1, 0.15) is 6.61 Å². The number of anilines is 2. The molecule has 1 unspecified atom stereocenters. The molecule has 2 aromatic rings. The second kappa shape index (κ2) is 9.56. The van der Waals surface area contributed by atoms with Gasteiger partial charge in [-0.25, -0.2) is 14.6 Å². The van der Waals surface area contributed by atoms with Gasteiger partial charge >= 0.3 is 0 Å². The summed E-state index contributed by atoms with van der Waals surface area (Å²) in [5.74, 6) is 6.87. The lowest BCUT2D eigenvalue weighted by atomic mass is 10.2. The molecule has 1 aliphatic rings. The third-order valence-electron chi connectivity index (χ3n) is 4.71. The average Bonchev–Trinajstić information content (AvgIpc) is 2.73. The van der Waals surface area contributed by atoms with Crippen LogP contribution in [0.5, 0.6) is 5.88 Å². The Labute approximate surface area is 178 Å². The molecule has 0 spiro atoms. The summed E-state index contributed by atoms with van der Waals surface area (Å²) in [5, 5.41) is 12.3. The maximum atomic E-state index is 12.8. The van der Waals surface area contributed by atoms with Crippen LogP contribution in [0, 0.1) is 0 Å². The van der Waals surface area contributed by atoms with Crippen molar-refractivity contribution in [2.24, 2.45) is 11.6 Å². The van der Waals surface area contributed by atoms with Gasteiger partial charge in [0.15, 0.2) is 5.82 Å². The molecule has 3 rings (SSSR count). The smallest absolute Gasteiger partial charge is 0.263 e. The Hall–Kier alpha value is -3.47. The minimum absolute atomic E-state index is 0.00733. The van der Waals surface area contributed by atoms with Gasteiger partial charge in [0.2, 0.25) is 11.8 Å². The van der Waals surface area contributed by atoms with E-state index in [4.69, 9.17) is 16.3 Å². The number of amides is 1. The number of ether oxygens (including phenoxy) is 1. The lowest BCUT2D eigenvalue weighted by Crippen LogP contribution is -2.53. The molecule has 1 aliphatic heterocycles. The summed E-state index contributed by atoms with van der Waals surface area (Å²) < 4.78 is 31.2. The van der Waals surface area contributed by atoms with Gasteiger partial charge in [-0.3, -0.25) is 9.80 Å². The Morgan fingerprint density at radius 3 is 2.55 bits per heavy atom. The fraction of sp³-hybridized carbons (Fsp3) is 0.350. The number of hydrogen-bond donors (Lipinski definition) is 3. The molecule has 0 saturated carbocycles. The van der Waals surface area contributed by atoms with E-state index in [1.807, 2.05) is 11.8 Å². The number of nitrogens with two attached hydrogens (primary N) is 2. The number of nitrogens with one attached hydrogen (secondary N) is 1. The first-order chi connectivity index (χ1) is 14.7. The van der Waals surface area contributed by atoms with E-state index >= 15 is 0 Å². The molecule has 0 radical (unpaired) electrons. The zero-order valence-corrected chi connectivity index (χ0v) is 17.3. The van der Waals surface area contributed by atoms with Crippen molar-refractivity contribution in [3.63, 3.8) is 0 Å². The maximum absolute atomic E-state index is 12.8. The molecule has 0 aliphatic carbocycles. The van der Waals surface area contributed by atoms with Crippen LogP contribution in [-0.2, 0) is 4.79 Å². The van der Waals surface area contributed by atoms with Gasteiger partial charge in [-0.1, -0.05) is 12.1 Å². The van der Waals surface area contributed by atoms with Crippen molar-refractivity contribution in [1.82, 2.24) is 15.5 Å². The molecule has 2 heterocycles. The average molecular weight is 433 g/mol. The summed E-state index contributed by atoms with van der Waals surface area (Å²) in [6.45, 7) is 4.41. The molecule has 5 N–H and O–H groups in total. The Balaban J connectivity index is 1.65. The second-order valence-corrected chi connectivity index (χ2v) is 7.26. The Bertz CT molecular complexity index is 932. The number of hydrogen-bond acceptors (Lipinski definition) is 8. The van der Waals surface area contributed by atoms with Crippen LogP contribution in [0.15, 0.2) is 47.8 Å². The lowest BCUT2D eigenvalue weighted by molar-refractivity contribution is -0.121. The number of piperazine rings is 1. The van der Waals surface area contributed by atoms with Crippen molar-refractivity contribution in [3.8, 4) is 5.88 Å². The molecule has 31 heavy (non-hydrogen) atoms. The number of carbonyl (C=O) groups excluding carboxylic acids is 1. The molecular formula is C20H25F2N7O2. The van der Waals surface area contributed by atoms with Crippen LogP contribution < -0.4 is 31.5 Å². The van der Waals surface area contributed by atoms with Crippen molar-refractivity contribution in [2.45, 2.75) is 26.3 Å². The van der Waals surface area contributed by atoms with Crippen molar-refractivity contribution in [2.75, 3.05) is 29.6 Å². The fourth-order valence-corrected chi connectivity index (χ4v) is 3.12. The molecule has 11 heteroatoms. The number of rotatable bonds is 7. The number of benzene rings is 1. The summed E-state index contributed by atoms with van der Waals surface area (Å²) in [4.78, 5) is 13.5. The van der Waals surface area contributed by atoms with Crippen LogP contribution in [0.4, 0.5) is 20.3 Å². The molecule has 1 fully saturated rings. The van der Waals surface area contributed by atoms with Crippen LogP contribution >= 0.6 is 0 Å². The van der Waals surface area contributed by atoms with Gasteiger partial charge in [-0.2, -0.15) is 0 Å². The molecule has 0 bridgehead atoms. The first kappa shape index (κ1) is 22.2. The summed E-state index contributed by atoms with van der Waals surface area (Å²) >= 11 is 0. The molecule has 1 saturated heterocycles. The van der Waals surface area contributed by atoms with Crippen molar-refractivity contribution in [3.05, 3.63) is 53.4 Å². The largest absolute Gasteiger partial charge is 0.470 e. The van der Waals surface area contributed by atoms with E-state index in [2.05, 4.69) is 15.5 Å². The summed E-state index contributed by atoms with van der Waals surface area (Å²) in [6, 6.07) is 8.94. The van der Waals surface area contributed by atoms with Gasteiger partial charge < -0.3 is 20.7 Å². The van der Waals surface area contributed by atoms with Gasteiger partial charge in [-0.05, 0) is 32.0 Å². The van der Waals surface area contributed by atoms with Crippen LogP contribution in [0.25, 0.3) is 0 Å². The zero-order valence-electron chi connectivity index (χ0n) is 17.3. The third-order valence-corrected chi connectivity index (χ3v) is 4.71. The number of aromatic nitrogens is 2. The summed E-state index contributed by atoms with van der Waals surface area (Å²) in [5.41, 5.74) is 7.17. The van der Waals surface area contributed by atoms with Crippen molar-refractivity contribution in [1.29, 1.82) is 0 Å². The highest BCUT2D eigenvalue weighted by Crippen LogP contribution is 2.24.